The topological polar surface area (TPSA) is 38.3 Å². The van der Waals surface area contributed by atoms with Gasteiger partial charge in [-0.3, -0.25) is 0 Å². The fourth-order valence-corrected chi connectivity index (χ4v) is 1.92. The number of hydrogen-bond donors (Lipinski definition) is 1. The summed E-state index contributed by atoms with van der Waals surface area (Å²) in [5.74, 6) is -39.6. The Balaban J connectivity index is 5.61. The van der Waals surface area contributed by atoms with Gasteiger partial charge in [0, 0.05) is 18.5 Å². The summed E-state index contributed by atoms with van der Waals surface area (Å²) in [4.78, 5) is 11.7. The third-order valence-electron chi connectivity index (χ3n) is 3.70. The molecule has 0 saturated carbocycles. The largest absolute Gasteiger partial charge is 0.460 e. The van der Waals surface area contributed by atoms with E-state index in [-0.39, 0.29) is 11.5 Å². The molecule has 188 valence electrons. The number of halogens is 13. The van der Waals surface area contributed by atoms with Crippen molar-refractivity contribution in [1.82, 2.24) is 5.32 Å². The fraction of sp³-hybridized carbons (Fsp3) is 0.733. The first-order chi connectivity index (χ1) is 14.0. The van der Waals surface area contributed by atoms with Crippen LogP contribution in [-0.4, -0.2) is 59.9 Å². The lowest BCUT2D eigenvalue weighted by atomic mass is 9.91. The van der Waals surface area contributed by atoms with Crippen LogP contribution in [0.15, 0.2) is 12.2 Å². The molecule has 0 aliphatic heterocycles. The maximum Gasteiger partial charge on any atom is 0.460 e. The predicted molar refractivity (Wildman–Crippen MR) is 86.4 cm³/mol. The van der Waals surface area contributed by atoms with Crippen molar-refractivity contribution in [2.24, 2.45) is 0 Å². The van der Waals surface area contributed by atoms with Crippen molar-refractivity contribution in [3.8, 4) is 0 Å². The van der Waals surface area contributed by atoms with Crippen molar-refractivity contribution < 1.29 is 66.6 Å². The summed E-state index contributed by atoms with van der Waals surface area (Å²) >= 11 is 4.70. The lowest BCUT2D eigenvalue weighted by Gasteiger charge is -2.39. The molecule has 0 fully saturated rings. The van der Waals surface area contributed by atoms with E-state index in [4.69, 9.17) is 12.2 Å². The molecule has 1 N–H and O–H groups in total. The van der Waals surface area contributed by atoms with Gasteiger partial charge in [-0.1, -0.05) is 25.7 Å². The van der Waals surface area contributed by atoms with Gasteiger partial charge in [0.15, 0.2) is 0 Å². The molecule has 0 atom stereocenters. The summed E-state index contributed by atoms with van der Waals surface area (Å²) in [6.07, 6.45) is -9.97. The summed E-state index contributed by atoms with van der Waals surface area (Å²) in [5, 5.41) is 2.47. The molecule has 0 aliphatic rings. The number of nitrogens with one attached hydrogen (secondary N) is 1. The zero-order chi connectivity index (χ0) is 26.0. The Labute approximate surface area is 176 Å². The molecule has 0 heterocycles. The number of rotatable bonds is 11. The van der Waals surface area contributed by atoms with E-state index in [2.05, 4.69) is 16.6 Å². The minimum absolute atomic E-state index is 0.213. The highest BCUT2D eigenvalue weighted by atomic mass is 32.1. The van der Waals surface area contributed by atoms with Gasteiger partial charge >= 0.3 is 41.8 Å². The van der Waals surface area contributed by atoms with Gasteiger partial charge < -0.3 is 10.1 Å². The van der Waals surface area contributed by atoms with Gasteiger partial charge in [-0.15, -0.1) is 0 Å². The summed E-state index contributed by atoms with van der Waals surface area (Å²) in [7, 11) is 0. The monoisotopic (exact) mass is 519 g/mol. The quantitative estimate of drug-likeness (QED) is 0.128. The Hall–Kier alpha value is -1.81. The van der Waals surface area contributed by atoms with Crippen LogP contribution in [0, 0.1) is 0 Å². The minimum Gasteiger partial charge on any atom is -0.460 e. The van der Waals surface area contributed by atoms with Crippen LogP contribution in [0.3, 0.4) is 0 Å². The van der Waals surface area contributed by atoms with Crippen LogP contribution < -0.4 is 5.32 Å². The van der Waals surface area contributed by atoms with E-state index in [9.17, 15) is 61.9 Å². The smallest absolute Gasteiger partial charge is 0.460 e. The van der Waals surface area contributed by atoms with E-state index in [0.29, 0.717) is 6.42 Å². The van der Waals surface area contributed by atoms with Gasteiger partial charge in [0.25, 0.3) is 0 Å². The van der Waals surface area contributed by atoms with Crippen molar-refractivity contribution in [3.63, 3.8) is 0 Å². The molecule has 3 nitrogen and oxygen atoms in total. The second kappa shape index (κ2) is 9.59. The van der Waals surface area contributed by atoms with Gasteiger partial charge in [0.1, 0.15) is 6.61 Å². The van der Waals surface area contributed by atoms with Crippen LogP contribution in [0.1, 0.15) is 19.8 Å². The molecule has 0 aromatic carbocycles. The van der Waals surface area contributed by atoms with Gasteiger partial charge in [-0.25, -0.2) is 4.79 Å². The molecule has 0 aromatic heterocycles. The van der Waals surface area contributed by atoms with Crippen molar-refractivity contribution >= 4 is 23.2 Å². The molecule has 32 heavy (non-hydrogen) atoms. The minimum atomic E-state index is -8.00. The number of ether oxygens (including phenoxy) is 1. The Bertz CT molecular complexity index is 719. The number of esters is 1. The Morgan fingerprint density at radius 1 is 0.844 bits per heavy atom. The molecule has 0 aromatic rings. The van der Waals surface area contributed by atoms with E-state index in [1.807, 2.05) is 0 Å². The molecule has 0 unspecified atom stereocenters. The second-order valence-electron chi connectivity index (χ2n) is 6.12. The maximum atomic E-state index is 13.7. The van der Waals surface area contributed by atoms with Crippen LogP contribution in [-0.2, 0) is 9.53 Å². The van der Waals surface area contributed by atoms with Crippen molar-refractivity contribution in [3.05, 3.63) is 12.2 Å². The van der Waals surface area contributed by atoms with Crippen LogP contribution >= 0.6 is 12.2 Å². The average molecular weight is 519 g/mol. The Morgan fingerprint density at radius 3 is 1.69 bits per heavy atom. The van der Waals surface area contributed by atoms with Crippen LogP contribution in [0.25, 0.3) is 0 Å². The van der Waals surface area contributed by atoms with E-state index < -0.39 is 60.4 Å². The molecule has 0 radical (unpaired) electrons. The lowest BCUT2D eigenvalue weighted by molar-refractivity contribution is -0.439. The molecular weight excluding hydrogens is 505 g/mol. The van der Waals surface area contributed by atoms with E-state index >= 15 is 0 Å². The highest BCUT2D eigenvalue weighted by molar-refractivity contribution is 7.80. The standard InChI is InChI=1S/C15H14F13NO2S/c1-3-8(32)29-4-5-31-9(30)7(2)6-10(16,17)11(18,19)12(20,21)13(22,23)14(24,25)15(26,27)28/h2-6H2,1H3,(H,29,32). The number of hydrogen-bond acceptors (Lipinski definition) is 3. The Morgan fingerprint density at radius 2 is 1.28 bits per heavy atom. The SMILES string of the molecule is C=C(CC(F)(F)C(F)(F)C(F)(F)C(F)(F)C(F)(F)C(F)(F)F)C(=O)OCCNC(=S)CC. The van der Waals surface area contributed by atoms with E-state index in [1.165, 1.54) is 0 Å². The van der Waals surface area contributed by atoms with Gasteiger partial charge in [-0.2, -0.15) is 57.1 Å². The zero-order valence-electron chi connectivity index (χ0n) is 15.7. The van der Waals surface area contributed by atoms with Gasteiger partial charge in [-0.05, 0) is 6.42 Å². The first-order valence-electron chi connectivity index (χ1n) is 8.08. The summed E-state index contributed by atoms with van der Waals surface area (Å²) in [6, 6.07) is 0. The molecule has 0 bridgehead atoms. The highest BCUT2D eigenvalue weighted by Crippen LogP contribution is 2.60. The Kier molecular flexibility index (Phi) is 9.04. The van der Waals surface area contributed by atoms with Gasteiger partial charge in [0.05, 0.1) is 4.99 Å². The molecule has 0 rings (SSSR count). The van der Waals surface area contributed by atoms with Crippen molar-refractivity contribution in [1.29, 1.82) is 0 Å². The lowest BCUT2D eigenvalue weighted by Crippen LogP contribution is -2.70. The molecular formula is C15H14F13NO2S. The van der Waals surface area contributed by atoms with Crippen molar-refractivity contribution in [2.75, 3.05) is 13.2 Å². The summed E-state index contributed by atoms with van der Waals surface area (Å²) in [6.45, 7) is 3.30. The van der Waals surface area contributed by atoms with Gasteiger partial charge in [0.2, 0.25) is 0 Å². The first kappa shape index (κ1) is 30.2. The van der Waals surface area contributed by atoms with Crippen molar-refractivity contribution in [2.45, 2.75) is 55.6 Å². The molecule has 0 spiro atoms. The average Bonchev–Trinajstić information content (AvgIpc) is 2.62. The maximum absolute atomic E-state index is 13.7. The zero-order valence-corrected chi connectivity index (χ0v) is 16.5. The summed E-state index contributed by atoms with van der Waals surface area (Å²) < 4.78 is 173. The number of alkyl halides is 13. The van der Waals surface area contributed by atoms with E-state index in [0.717, 1.165) is 0 Å². The highest BCUT2D eigenvalue weighted by Gasteiger charge is 2.90. The van der Waals surface area contributed by atoms with Crippen LogP contribution in [0.2, 0.25) is 0 Å². The van der Waals surface area contributed by atoms with E-state index in [1.54, 1.807) is 6.92 Å². The van der Waals surface area contributed by atoms with Crippen LogP contribution in [0.4, 0.5) is 57.1 Å². The third kappa shape index (κ3) is 5.57. The third-order valence-corrected chi connectivity index (χ3v) is 4.13. The molecule has 0 amide bonds. The second-order valence-corrected chi connectivity index (χ2v) is 6.61. The number of thiocarbonyl (C=S) groups is 1. The molecule has 17 heteroatoms. The predicted octanol–water partition coefficient (Wildman–Crippen LogP) is 5.54. The van der Waals surface area contributed by atoms with Crippen LogP contribution in [0.5, 0.6) is 0 Å². The number of carbonyl (C=O) groups excluding carboxylic acids is 1. The molecule has 0 aliphatic carbocycles. The fourth-order valence-electron chi connectivity index (χ4n) is 1.81. The first-order valence-corrected chi connectivity index (χ1v) is 8.49. The molecule has 0 saturated heterocycles. The number of carbonyl (C=O) groups is 1. The summed E-state index contributed by atoms with van der Waals surface area (Å²) in [5.41, 5.74) is -1.69. The normalized spacial score (nSPS) is 14.2.